The second-order valence-corrected chi connectivity index (χ2v) is 10.5. The third-order valence-corrected chi connectivity index (χ3v) is 8.35. The van der Waals surface area contributed by atoms with Gasteiger partial charge in [0.15, 0.2) is 5.13 Å². The van der Waals surface area contributed by atoms with Crippen LogP contribution in [0.5, 0.6) is 0 Å². The van der Waals surface area contributed by atoms with Crippen LogP contribution >= 0.6 is 22.9 Å². The van der Waals surface area contributed by atoms with Gasteiger partial charge in [-0.05, 0) is 37.8 Å². The molecule has 5 rings (SSSR count). The molecule has 2 heterocycles. The number of rotatable bonds is 4. The number of hydrogen-bond donors (Lipinski definition) is 1. The number of para-hydroxylation sites is 1. The maximum Gasteiger partial charge on any atom is 0.226 e. The van der Waals surface area contributed by atoms with Gasteiger partial charge in [0.25, 0.3) is 0 Å². The number of hydrogen-bond acceptors (Lipinski definition) is 6. The van der Waals surface area contributed by atoms with E-state index in [1.54, 1.807) is 11.3 Å². The van der Waals surface area contributed by atoms with Crippen molar-refractivity contribution in [1.82, 2.24) is 15.2 Å². The molecule has 1 aromatic heterocycles. The van der Waals surface area contributed by atoms with Crippen LogP contribution in [0.1, 0.15) is 38.5 Å². The summed E-state index contributed by atoms with van der Waals surface area (Å²) in [7, 11) is 0. The van der Waals surface area contributed by atoms with Crippen LogP contribution in [0.2, 0.25) is 5.02 Å². The Bertz CT molecular complexity index is 1080. The van der Waals surface area contributed by atoms with Gasteiger partial charge in [-0.2, -0.15) is 5.26 Å². The predicted molar refractivity (Wildman–Crippen MR) is 125 cm³/mol. The molecule has 168 valence electrons. The first kappa shape index (κ1) is 21.5. The normalized spacial score (nSPS) is 24.8. The van der Waals surface area contributed by atoms with E-state index in [4.69, 9.17) is 16.6 Å². The Morgan fingerprint density at radius 3 is 2.53 bits per heavy atom. The minimum atomic E-state index is -0.687. The van der Waals surface area contributed by atoms with Crippen molar-refractivity contribution in [2.24, 2.45) is 11.8 Å². The lowest BCUT2D eigenvalue weighted by molar-refractivity contribution is -0.144. The summed E-state index contributed by atoms with van der Waals surface area (Å²) in [5.41, 5.74) is 0.142. The number of carbonyl (C=O) groups excluding carboxylic acids is 2. The zero-order valence-corrected chi connectivity index (χ0v) is 19.4. The number of thiazole rings is 1. The molecule has 3 aliphatic rings. The van der Waals surface area contributed by atoms with Crippen molar-refractivity contribution in [2.75, 3.05) is 31.1 Å². The van der Waals surface area contributed by atoms with Crippen molar-refractivity contribution in [1.29, 1.82) is 5.26 Å². The topological polar surface area (TPSA) is 89.3 Å². The van der Waals surface area contributed by atoms with Gasteiger partial charge in [-0.3, -0.25) is 9.59 Å². The van der Waals surface area contributed by atoms with Gasteiger partial charge in [0.05, 0.1) is 15.8 Å². The van der Waals surface area contributed by atoms with E-state index >= 15 is 0 Å². The standard InChI is InChI=1S/C23H26ClN5O2S/c24-17-6-3-7-18-19(17)26-22(32-18)29-12-10-28(11-13-29)21(31)16-5-2-1-4-15(16)20(30)27-23(14-25)8-9-23/h3,6-7,15-16H,1-2,4-5,8-13H2,(H,27,30)/t15-,16-/m1/s1. The highest BCUT2D eigenvalue weighted by atomic mass is 35.5. The number of carbonyl (C=O) groups is 2. The third-order valence-electron chi connectivity index (χ3n) is 6.97. The Morgan fingerprint density at radius 2 is 1.88 bits per heavy atom. The SMILES string of the molecule is N#CC1(NC(=O)[C@@H]2CCCC[C@H]2C(=O)N2CCN(c3nc4c(Cl)cccc4s3)CC2)CC1. The lowest BCUT2D eigenvalue weighted by Crippen LogP contribution is -2.53. The van der Waals surface area contributed by atoms with E-state index in [0.29, 0.717) is 44.0 Å². The van der Waals surface area contributed by atoms with Gasteiger partial charge in [-0.15, -0.1) is 0 Å². The molecule has 1 aliphatic heterocycles. The van der Waals surface area contributed by atoms with Crippen LogP contribution in [-0.4, -0.2) is 53.4 Å². The Kier molecular flexibility index (Phi) is 5.72. The molecule has 2 aliphatic carbocycles. The number of nitrogens with zero attached hydrogens (tertiary/aromatic N) is 4. The molecule has 3 fully saturated rings. The van der Waals surface area contributed by atoms with Gasteiger partial charge in [0, 0.05) is 38.0 Å². The van der Waals surface area contributed by atoms with E-state index in [0.717, 1.165) is 41.0 Å². The third kappa shape index (κ3) is 4.04. The fraction of sp³-hybridized carbons (Fsp3) is 0.565. The molecule has 1 N–H and O–H groups in total. The first-order valence-electron chi connectivity index (χ1n) is 11.3. The number of aromatic nitrogens is 1. The van der Waals surface area contributed by atoms with Crippen molar-refractivity contribution in [3.05, 3.63) is 23.2 Å². The maximum atomic E-state index is 13.4. The molecule has 2 amide bonds. The Labute approximate surface area is 196 Å². The Hall–Kier alpha value is -2.37. The first-order chi connectivity index (χ1) is 15.5. The van der Waals surface area contributed by atoms with Crippen molar-refractivity contribution in [3.63, 3.8) is 0 Å². The summed E-state index contributed by atoms with van der Waals surface area (Å²) >= 11 is 7.90. The monoisotopic (exact) mass is 471 g/mol. The summed E-state index contributed by atoms with van der Waals surface area (Å²) in [6, 6.07) is 8.02. The van der Waals surface area contributed by atoms with Crippen LogP contribution in [0.25, 0.3) is 10.2 Å². The van der Waals surface area contributed by atoms with E-state index in [2.05, 4.69) is 16.3 Å². The zero-order valence-electron chi connectivity index (χ0n) is 17.8. The molecular formula is C23H26ClN5O2S. The van der Waals surface area contributed by atoms with E-state index in [1.807, 2.05) is 23.1 Å². The van der Waals surface area contributed by atoms with Crippen molar-refractivity contribution in [3.8, 4) is 6.07 Å². The second kappa shape index (κ2) is 8.53. The number of amides is 2. The largest absolute Gasteiger partial charge is 0.345 e. The summed E-state index contributed by atoms with van der Waals surface area (Å²) < 4.78 is 1.06. The Morgan fingerprint density at radius 1 is 1.16 bits per heavy atom. The fourth-order valence-electron chi connectivity index (χ4n) is 4.85. The number of piperazine rings is 1. The van der Waals surface area contributed by atoms with Crippen LogP contribution < -0.4 is 10.2 Å². The van der Waals surface area contributed by atoms with Crippen LogP contribution in [0, 0.1) is 23.2 Å². The minimum absolute atomic E-state index is 0.0821. The molecular weight excluding hydrogens is 446 g/mol. The average Bonchev–Trinajstić information content (AvgIpc) is 3.45. The highest BCUT2D eigenvalue weighted by Gasteiger charge is 2.47. The second-order valence-electron chi connectivity index (χ2n) is 9.08. The van der Waals surface area contributed by atoms with E-state index in [1.165, 1.54) is 0 Å². The lowest BCUT2D eigenvalue weighted by atomic mass is 9.77. The van der Waals surface area contributed by atoms with Gasteiger partial charge >= 0.3 is 0 Å². The molecule has 0 radical (unpaired) electrons. The van der Waals surface area contributed by atoms with Crippen molar-refractivity contribution < 1.29 is 9.59 Å². The molecule has 2 atom stereocenters. The molecule has 9 heteroatoms. The first-order valence-corrected chi connectivity index (χ1v) is 12.5. The molecule has 1 saturated heterocycles. The summed E-state index contributed by atoms with van der Waals surface area (Å²) in [6.45, 7) is 2.67. The number of benzene rings is 1. The summed E-state index contributed by atoms with van der Waals surface area (Å²) in [6.07, 6.45) is 4.80. The fourth-order valence-corrected chi connectivity index (χ4v) is 6.17. The highest BCUT2D eigenvalue weighted by molar-refractivity contribution is 7.22. The molecule has 0 spiro atoms. The van der Waals surface area contributed by atoms with Gasteiger partial charge in [-0.1, -0.05) is 41.8 Å². The van der Waals surface area contributed by atoms with Crippen molar-refractivity contribution >= 4 is 50.1 Å². The smallest absolute Gasteiger partial charge is 0.226 e. The number of nitriles is 1. The molecule has 0 bridgehead atoms. The van der Waals surface area contributed by atoms with E-state index < -0.39 is 5.54 Å². The summed E-state index contributed by atoms with van der Waals surface area (Å²) in [5.74, 6) is -0.650. The predicted octanol–water partition coefficient (Wildman–Crippen LogP) is 3.58. The molecule has 2 saturated carbocycles. The van der Waals surface area contributed by atoms with Crippen LogP contribution in [-0.2, 0) is 9.59 Å². The highest BCUT2D eigenvalue weighted by Crippen LogP contribution is 2.38. The number of anilines is 1. The maximum absolute atomic E-state index is 13.4. The van der Waals surface area contributed by atoms with Crippen LogP contribution in [0.4, 0.5) is 5.13 Å². The van der Waals surface area contributed by atoms with Gasteiger partial charge in [-0.25, -0.2) is 4.98 Å². The minimum Gasteiger partial charge on any atom is -0.345 e. The quantitative estimate of drug-likeness (QED) is 0.736. The molecule has 0 unspecified atom stereocenters. The van der Waals surface area contributed by atoms with Gasteiger partial charge in [0.1, 0.15) is 11.1 Å². The molecule has 32 heavy (non-hydrogen) atoms. The molecule has 7 nitrogen and oxygen atoms in total. The lowest BCUT2D eigenvalue weighted by Gasteiger charge is -2.39. The summed E-state index contributed by atoms with van der Waals surface area (Å²) in [5, 5.41) is 13.8. The van der Waals surface area contributed by atoms with Crippen LogP contribution in [0.3, 0.4) is 0 Å². The molecule has 1 aromatic carbocycles. The number of fused-ring (bicyclic) bond motifs is 1. The van der Waals surface area contributed by atoms with Gasteiger partial charge in [0.2, 0.25) is 11.8 Å². The molecule has 2 aromatic rings. The summed E-state index contributed by atoms with van der Waals surface area (Å²) in [4.78, 5) is 35.1. The zero-order chi connectivity index (χ0) is 22.3. The van der Waals surface area contributed by atoms with Crippen molar-refractivity contribution in [2.45, 2.75) is 44.1 Å². The number of halogens is 1. The van der Waals surface area contributed by atoms with Gasteiger partial charge < -0.3 is 15.1 Å². The number of nitrogens with one attached hydrogen (secondary N) is 1. The Balaban J connectivity index is 1.23. The average molecular weight is 472 g/mol. The van der Waals surface area contributed by atoms with E-state index in [9.17, 15) is 14.9 Å². The van der Waals surface area contributed by atoms with Crippen LogP contribution in [0.15, 0.2) is 18.2 Å². The van der Waals surface area contributed by atoms with E-state index in [-0.39, 0.29) is 23.7 Å².